The summed E-state index contributed by atoms with van der Waals surface area (Å²) in [4.78, 5) is 14.3. The van der Waals surface area contributed by atoms with Crippen molar-refractivity contribution in [2.45, 2.75) is 31.4 Å². The highest BCUT2D eigenvalue weighted by Crippen LogP contribution is 2.43. The van der Waals surface area contributed by atoms with Crippen LogP contribution in [0.25, 0.3) is 0 Å². The molecule has 0 amide bonds. The highest BCUT2D eigenvalue weighted by molar-refractivity contribution is 5.86. The predicted molar refractivity (Wildman–Crippen MR) is 60.1 cm³/mol. The number of rotatable bonds is 3. The number of methoxy groups -OCH3 is 1. The van der Waals surface area contributed by atoms with E-state index in [2.05, 4.69) is 11.5 Å². The van der Waals surface area contributed by atoms with Gasteiger partial charge in [0.15, 0.2) is 0 Å². The maximum absolute atomic E-state index is 12.1. The van der Waals surface area contributed by atoms with Gasteiger partial charge in [-0.25, -0.2) is 4.79 Å². The van der Waals surface area contributed by atoms with Gasteiger partial charge in [-0.05, 0) is 18.9 Å². The molecule has 1 unspecified atom stereocenters. The molecule has 2 atom stereocenters. The van der Waals surface area contributed by atoms with Gasteiger partial charge in [-0.3, -0.25) is 4.90 Å². The first-order valence-corrected chi connectivity index (χ1v) is 5.78. The number of ether oxygens (including phenoxy) is 2. The highest BCUT2D eigenvalue weighted by Gasteiger charge is 2.57. The summed E-state index contributed by atoms with van der Waals surface area (Å²) in [5.74, 6) is -0.156. The summed E-state index contributed by atoms with van der Waals surface area (Å²) < 4.78 is 10.6. The van der Waals surface area contributed by atoms with E-state index in [9.17, 15) is 4.79 Å². The van der Waals surface area contributed by atoms with Gasteiger partial charge in [-0.1, -0.05) is 6.58 Å². The van der Waals surface area contributed by atoms with Gasteiger partial charge in [-0.15, -0.1) is 0 Å². The molecule has 16 heavy (non-hydrogen) atoms. The van der Waals surface area contributed by atoms with Gasteiger partial charge in [0.25, 0.3) is 0 Å². The molecule has 2 aliphatic heterocycles. The Labute approximate surface area is 96.2 Å². The predicted octanol–water partition coefficient (Wildman–Crippen LogP) is 0.969. The molecular weight excluding hydrogens is 206 g/mol. The fourth-order valence-corrected chi connectivity index (χ4v) is 2.82. The zero-order chi connectivity index (χ0) is 11.8. The molecule has 2 saturated heterocycles. The molecule has 0 bridgehead atoms. The van der Waals surface area contributed by atoms with E-state index in [1.54, 1.807) is 7.11 Å². The third kappa shape index (κ3) is 1.48. The Bertz CT molecular complexity index is 315. The van der Waals surface area contributed by atoms with Crippen LogP contribution in [0.4, 0.5) is 0 Å². The molecule has 2 heterocycles. The van der Waals surface area contributed by atoms with Crippen molar-refractivity contribution in [3.05, 3.63) is 12.2 Å². The van der Waals surface area contributed by atoms with Crippen molar-refractivity contribution in [2.75, 3.05) is 26.8 Å². The summed E-state index contributed by atoms with van der Waals surface area (Å²) in [6.45, 7) is 7.98. The van der Waals surface area contributed by atoms with Gasteiger partial charge in [0.1, 0.15) is 5.54 Å². The van der Waals surface area contributed by atoms with Crippen molar-refractivity contribution in [1.29, 1.82) is 0 Å². The molecular formula is C12H19NO3. The molecule has 4 heteroatoms. The van der Waals surface area contributed by atoms with Crippen LogP contribution in [0.5, 0.6) is 0 Å². The van der Waals surface area contributed by atoms with Crippen LogP contribution in [0.1, 0.15) is 19.8 Å². The maximum Gasteiger partial charge on any atom is 0.330 e. The zero-order valence-electron chi connectivity index (χ0n) is 9.99. The lowest BCUT2D eigenvalue weighted by atomic mass is 9.89. The summed E-state index contributed by atoms with van der Waals surface area (Å²) in [6, 6.07) is 0. The fourth-order valence-electron chi connectivity index (χ4n) is 2.82. The van der Waals surface area contributed by atoms with E-state index in [1.165, 1.54) is 0 Å². The second-order valence-electron chi connectivity index (χ2n) is 4.44. The Hall–Kier alpha value is -0.870. The number of nitrogens with zero attached hydrogens (tertiary/aromatic N) is 1. The average molecular weight is 225 g/mol. The molecule has 0 radical (unpaired) electrons. The number of esters is 1. The van der Waals surface area contributed by atoms with Gasteiger partial charge in [0.05, 0.1) is 12.7 Å². The van der Waals surface area contributed by atoms with Crippen LogP contribution in [0.15, 0.2) is 12.2 Å². The minimum atomic E-state index is -0.601. The number of hydrogen-bond donors (Lipinski definition) is 0. The van der Waals surface area contributed by atoms with E-state index in [1.807, 2.05) is 6.92 Å². The van der Waals surface area contributed by atoms with Crippen molar-refractivity contribution >= 4 is 5.97 Å². The summed E-state index contributed by atoms with van der Waals surface area (Å²) in [7, 11) is 1.69. The van der Waals surface area contributed by atoms with Crippen LogP contribution < -0.4 is 0 Å². The summed E-state index contributed by atoms with van der Waals surface area (Å²) >= 11 is 0. The van der Waals surface area contributed by atoms with E-state index in [-0.39, 0.29) is 12.1 Å². The standard InChI is InChI=1S/C12H19NO3/c1-4-16-11(14)12-7-10(15-3)8-13(12)6-5-9(12)2/h10H,2,4-8H2,1,3H3/t10-,12?/m0/s1. The smallest absolute Gasteiger partial charge is 0.330 e. The molecule has 90 valence electrons. The lowest BCUT2D eigenvalue weighted by Gasteiger charge is -2.29. The zero-order valence-corrected chi connectivity index (χ0v) is 9.99. The normalized spacial score (nSPS) is 34.1. The van der Waals surface area contributed by atoms with E-state index < -0.39 is 5.54 Å². The molecule has 0 spiro atoms. The molecule has 0 saturated carbocycles. The topological polar surface area (TPSA) is 38.8 Å². The van der Waals surface area contributed by atoms with Crippen molar-refractivity contribution < 1.29 is 14.3 Å². The molecule has 0 N–H and O–H groups in total. The van der Waals surface area contributed by atoms with Gasteiger partial charge >= 0.3 is 5.97 Å². The third-order valence-electron chi connectivity index (χ3n) is 3.70. The van der Waals surface area contributed by atoms with Crippen LogP contribution in [-0.4, -0.2) is 49.3 Å². The van der Waals surface area contributed by atoms with Crippen LogP contribution in [0.2, 0.25) is 0 Å². The number of carbonyl (C=O) groups is 1. The van der Waals surface area contributed by atoms with E-state index >= 15 is 0 Å². The monoisotopic (exact) mass is 225 g/mol. The van der Waals surface area contributed by atoms with Crippen LogP contribution >= 0.6 is 0 Å². The Morgan fingerprint density at radius 2 is 2.44 bits per heavy atom. The van der Waals surface area contributed by atoms with Gasteiger partial charge in [0.2, 0.25) is 0 Å². The second-order valence-corrected chi connectivity index (χ2v) is 4.44. The molecule has 4 nitrogen and oxygen atoms in total. The average Bonchev–Trinajstić information content (AvgIpc) is 2.78. The number of hydrogen-bond acceptors (Lipinski definition) is 4. The first-order valence-electron chi connectivity index (χ1n) is 5.78. The first-order chi connectivity index (χ1) is 7.65. The lowest BCUT2D eigenvalue weighted by molar-refractivity contribution is -0.152. The minimum absolute atomic E-state index is 0.112. The number of carbonyl (C=O) groups excluding carboxylic acids is 1. The Balaban J connectivity index is 2.25. The van der Waals surface area contributed by atoms with Crippen molar-refractivity contribution in [2.24, 2.45) is 0 Å². The Kier molecular flexibility index (Phi) is 3.04. The molecule has 0 aliphatic carbocycles. The summed E-state index contributed by atoms with van der Waals surface area (Å²) in [6.07, 6.45) is 1.68. The Morgan fingerprint density at radius 1 is 1.69 bits per heavy atom. The molecule has 0 aromatic carbocycles. The molecule has 2 rings (SSSR count). The summed E-state index contributed by atoms with van der Waals surface area (Å²) in [5, 5.41) is 0. The lowest BCUT2D eigenvalue weighted by Crippen LogP contribution is -2.47. The SMILES string of the molecule is C=C1CCN2C[C@@H](OC)CC12C(=O)OCC. The quantitative estimate of drug-likeness (QED) is 0.530. The van der Waals surface area contributed by atoms with Crippen LogP contribution in [0, 0.1) is 0 Å². The van der Waals surface area contributed by atoms with Crippen LogP contribution in [0.3, 0.4) is 0 Å². The second kappa shape index (κ2) is 4.18. The van der Waals surface area contributed by atoms with Gasteiger partial charge in [0, 0.05) is 26.6 Å². The summed E-state index contributed by atoms with van der Waals surface area (Å²) in [5.41, 5.74) is 0.377. The Morgan fingerprint density at radius 3 is 3.06 bits per heavy atom. The van der Waals surface area contributed by atoms with E-state index in [0.717, 1.165) is 25.1 Å². The van der Waals surface area contributed by atoms with Gasteiger partial charge < -0.3 is 9.47 Å². The van der Waals surface area contributed by atoms with Crippen molar-refractivity contribution in [3.8, 4) is 0 Å². The fraction of sp³-hybridized carbons (Fsp3) is 0.750. The molecule has 2 aliphatic rings. The first kappa shape index (κ1) is 11.6. The molecule has 2 fully saturated rings. The number of fused-ring (bicyclic) bond motifs is 1. The van der Waals surface area contributed by atoms with Gasteiger partial charge in [-0.2, -0.15) is 0 Å². The highest BCUT2D eigenvalue weighted by atomic mass is 16.5. The maximum atomic E-state index is 12.1. The van der Waals surface area contributed by atoms with Crippen molar-refractivity contribution in [3.63, 3.8) is 0 Å². The molecule has 0 aromatic heterocycles. The van der Waals surface area contributed by atoms with E-state index in [0.29, 0.717) is 13.0 Å². The van der Waals surface area contributed by atoms with E-state index in [4.69, 9.17) is 9.47 Å². The van der Waals surface area contributed by atoms with Crippen LogP contribution in [-0.2, 0) is 14.3 Å². The third-order valence-corrected chi connectivity index (χ3v) is 3.70. The van der Waals surface area contributed by atoms with Crippen molar-refractivity contribution in [1.82, 2.24) is 4.90 Å². The molecule has 0 aromatic rings. The minimum Gasteiger partial charge on any atom is -0.464 e. The largest absolute Gasteiger partial charge is 0.464 e.